The third-order valence-corrected chi connectivity index (χ3v) is 4.27. The molecular weight excluding hydrogens is 259 g/mol. The molecule has 0 spiro atoms. The first-order valence-electron chi connectivity index (χ1n) is 6.23. The minimum Gasteiger partial charge on any atom is -0.410 e. The molecule has 2 rings (SSSR count). The van der Waals surface area contributed by atoms with Gasteiger partial charge in [-0.3, -0.25) is 0 Å². The van der Waals surface area contributed by atoms with Crippen LogP contribution in [0.15, 0.2) is 23.7 Å². The van der Waals surface area contributed by atoms with Gasteiger partial charge in [-0.2, -0.15) is 0 Å². The van der Waals surface area contributed by atoms with Gasteiger partial charge in [-0.25, -0.2) is 4.57 Å². The van der Waals surface area contributed by atoms with Gasteiger partial charge in [0, 0.05) is 24.1 Å². The molecular formula is C12H18ClO3P. The van der Waals surface area contributed by atoms with E-state index in [-0.39, 0.29) is 0 Å². The van der Waals surface area contributed by atoms with E-state index < -0.39 is 6.95 Å². The maximum atomic E-state index is 12.0. The van der Waals surface area contributed by atoms with Gasteiger partial charge in [-0.15, -0.1) is 0 Å². The van der Waals surface area contributed by atoms with Crippen LogP contribution >= 0.6 is 18.2 Å². The average Bonchev–Trinajstić information content (AvgIpc) is 2.30. The molecule has 0 unspecified atom stereocenters. The summed E-state index contributed by atoms with van der Waals surface area (Å²) in [7, 11) is 0. The van der Waals surface area contributed by atoms with Crippen molar-refractivity contribution in [1.82, 2.24) is 0 Å². The Labute approximate surface area is 107 Å². The summed E-state index contributed by atoms with van der Waals surface area (Å²) in [6.07, 6.45) is 11.9. The number of hydrogen-bond donors (Lipinski definition) is 0. The zero-order chi connectivity index (χ0) is 12.1. The maximum Gasteiger partial charge on any atom is 0.529 e. The molecule has 0 aromatic carbocycles. The van der Waals surface area contributed by atoms with E-state index in [1.165, 1.54) is 0 Å². The molecule has 2 aliphatic carbocycles. The molecule has 0 aromatic rings. The lowest BCUT2D eigenvalue weighted by Gasteiger charge is -2.20. The lowest BCUT2D eigenvalue weighted by Crippen LogP contribution is -1.98. The lowest BCUT2D eigenvalue weighted by molar-refractivity contribution is 0.282. The second-order valence-electron chi connectivity index (χ2n) is 4.45. The Balaban J connectivity index is 1.91. The van der Waals surface area contributed by atoms with Crippen LogP contribution in [-0.2, 0) is 13.6 Å². The lowest BCUT2D eigenvalue weighted by atomic mass is 10.1. The van der Waals surface area contributed by atoms with Crippen LogP contribution in [0.4, 0.5) is 0 Å². The normalized spacial score (nSPS) is 21.5. The van der Waals surface area contributed by atoms with Gasteiger partial charge in [-0.05, 0) is 50.7 Å². The highest BCUT2D eigenvalue weighted by atomic mass is 35.7. The van der Waals surface area contributed by atoms with Crippen molar-refractivity contribution < 1.29 is 13.6 Å². The van der Waals surface area contributed by atoms with Crippen LogP contribution in [0.1, 0.15) is 51.4 Å². The van der Waals surface area contributed by atoms with E-state index in [1.807, 2.05) is 12.2 Å². The van der Waals surface area contributed by atoms with Crippen LogP contribution in [0.25, 0.3) is 0 Å². The standard InChI is InChI=1S/C12H18ClO3P/c13-17(14,15-11-7-3-1-4-8-11)16-12-9-5-2-6-10-12/h7,9H,1-6,8,10H2. The number of halogens is 1. The van der Waals surface area contributed by atoms with E-state index in [0.29, 0.717) is 11.5 Å². The van der Waals surface area contributed by atoms with Gasteiger partial charge < -0.3 is 9.05 Å². The second kappa shape index (κ2) is 5.97. The fraction of sp³-hybridized carbons (Fsp3) is 0.667. The summed E-state index contributed by atoms with van der Waals surface area (Å²) < 4.78 is 22.6. The Morgan fingerprint density at radius 2 is 1.41 bits per heavy atom. The van der Waals surface area contributed by atoms with Crippen molar-refractivity contribution >= 4 is 18.2 Å². The summed E-state index contributed by atoms with van der Waals surface area (Å²) in [5.74, 6) is 1.43. The molecule has 0 aliphatic heterocycles. The molecule has 0 heterocycles. The van der Waals surface area contributed by atoms with E-state index in [0.717, 1.165) is 51.4 Å². The first-order chi connectivity index (χ1) is 8.16. The third-order valence-electron chi connectivity index (χ3n) is 2.95. The summed E-state index contributed by atoms with van der Waals surface area (Å²) in [5, 5.41) is 0. The molecule has 0 amide bonds. The summed E-state index contributed by atoms with van der Waals surface area (Å²) in [4.78, 5) is 0. The van der Waals surface area contributed by atoms with Crippen LogP contribution in [0.2, 0.25) is 0 Å². The van der Waals surface area contributed by atoms with Crippen LogP contribution < -0.4 is 0 Å². The molecule has 0 N–H and O–H groups in total. The van der Waals surface area contributed by atoms with Crippen molar-refractivity contribution in [3.8, 4) is 0 Å². The third kappa shape index (κ3) is 4.40. The number of allylic oxidation sites excluding steroid dienone is 4. The zero-order valence-corrected chi connectivity index (χ0v) is 11.5. The molecule has 0 aromatic heterocycles. The maximum absolute atomic E-state index is 12.0. The summed E-state index contributed by atoms with van der Waals surface area (Å²) >= 11 is 5.83. The Morgan fingerprint density at radius 1 is 0.941 bits per heavy atom. The highest BCUT2D eigenvalue weighted by Crippen LogP contribution is 2.58. The second-order valence-corrected chi connectivity index (χ2v) is 6.91. The van der Waals surface area contributed by atoms with Gasteiger partial charge in [0.15, 0.2) is 0 Å². The summed E-state index contributed by atoms with van der Waals surface area (Å²) in [5.41, 5.74) is 0. The average molecular weight is 277 g/mol. The van der Waals surface area contributed by atoms with Crippen LogP contribution in [-0.4, -0.2) is 0 Å². The quantitative estimate of drug-likeness (QED) is 0.655. The molecule has 17 heavy (non-hydrogen) atoms. The van der Waals surface area contributed by atoms with Crippen LogP contribution in [0, 0.1) is 0 Å². The summed E-state index contributed by atoms with van der Waals surface area (Å²) in [6.45, 7) is -3.49. The summed E-state index contributed by atoms with van der Waals surface area (Å²) in [6, 6.07) is 0. The van der Waals surface area contributed by atoms with E-state index >= 15 is 0 Å². The largest absolute Gasteiger partial charge is 0.529 e. The molecule has 2 aliphatic rings. The van der Waals surface area contributed by atoms with Gasteiger partial charge in [0.1, 0.15) is 11.5 Å². The van der Waals surface area contributed by atoms with E-state index in [2.05, 4.69) is 0 Å². The molecule has 0 bridgehead atoms. The SMILES string of the molecule is O=P(Cl)(OC1=CCCCC1)OC1=CCCCC1. The number of hydrogen-bond acceptors (Lipinski definition) is 3. The minimum absolute atomic E-state index is 0.714. The first kappa shape index (κ1) is 13.0. The molecule has 3 nitrogen and oxygen atoms in total. The first-order valence-corrected chi connectivity index (χ1v) is 8.67. The van der Waals surface area contributed by atoms with Gasteiger partial charge in [0.25, 0.3) is 0 Å². The van der Waals surface area contributed by atoms with Crippen molar-refractivity contribution in [3.63, 3.8) is 0 Å². The zero-order valence-electron chi connectivity index (χ0n) is 9.86. The fourth-order valence-corrected chi connectivity index (χ4v) is 3.54. The molecule has 0 saturated carbocycles. The predicted octanol–water partition coefficient (Wildman–Crippen LogP) is 5.28. The molecule has 0 saturated heterocycles. The Kier molecular flexibility index (Phi) is 4.58. The van der Waals surface area contributed by atoms with Gasteiger partial charge in [0.05, 0.1) is 0 Å². The molecule has 0 fully saturated rings. The van der Waals surface area contributed by atoms with Crippen molar-refractivity contribution in [2.24, 2.45) is 0 Å². The minimum atomic E-state index is -3.49. The highest BCUT2D eigenvalue weighted by molar-refractivity contribution is 7.81. The van der Waals surface area contributed by atoms with E-state index in [4.69, 9.17) is 20.3 Å². The highest BCUT2D eigenvalue weighted by Gasteiger charge is 2.27. The molecule has 0 atom stereocenters. The molecule has 5 heteroatoms. The topological polar surface area (TPSA) is 35.5 Å². The van der Waals surface area contributed by atoms with Gasteiger partial charge in [-0.1, -0.05) is 0 Å². The Morgan fingerprint density at radius 3 is 1.76 bits per heavy atom. The van der Waals surface area contributed by atoms with Crippen LogP contribution in [0.3, 0.4) is 0 Å². The Hall–Kier alpha value is -0.400. The molecule has 0 radical (unpaired) electrons. The van der Waals surface area contributed by atoms with Gasteiger partial charge >= 0.3 is 6.95 Å². The van der Waals surface area contributed by atoms with Gasteiger partial charge in [0.2, 0.25) is 0 Å². The van der Waals surface area contributed by atoms with Crippen molar-refractivity contribution in [1.29, 1.82) is 0 Å². The monoisotopic (exact) mass is 276 g/mol. The van der Waals surface area contributed by atoms with Crippen LogP contribution in [0.5, 0.6) is 0 Å². The fourth-order valence-electron chi connectivity index (χ4n) is 2.08. The van der Waals surface area contributed by atoms with Crippen molar-refractivity contribution in [3.05, 3.63) is 23.7 Å². The van der Waals surface area contributed by atoms with Crippen molar-refractivity contribution in [2.45, 2.75) is 51.4 Å². The predicted molar refractivity (Wildman–Crippen MR) is 68.7 cm³/mol. The van der Waals surface area contributed by atoms with E-state index in [9.17, 15) is 4.57 Å². The van der Waals surface area contributed by atoms with E-state index in [1.54, 1.807) is 0 Å². The molecule has 96 valence electrons. The smallest absolute Gasteiger partial charge is 0.410 e. The Bertz CT molecular complexity index is 344. The number of rotatable bonds is 4. The van der Waals surface area contributed by atoms with Crippen molar-refractivity contribution in [2.75, 3.05) is 0 Å².